The van der Waals surface area contributed by atoms with Crippen LogP contribution in [0.15, 0.2) is 85.1 Å². The van der Waals surface area contributed by atoms with E-state index in [0.717, 1.165) is 22.7 Å². The lowest BCUT2D eigenvalue weighted by Gasteiger charge is -2.30. The van der Waals surface area contributed by atoms with Crippen molar-refractivity contribution in [1.29, 1.82) is 0 Å². The number of aromatic hydroxyl groups is 1. The highest BCUT2D eigenvalue weighted by Crippen LogP contribution is 2.22. The molecular weight excluding hydrogens is 1330 g/mol. The summed E-state index contributed by atoms with van der Waals surface area (Å²) in [6.45, 7) is 12.1. The van der Waals surface area contributed by atoms with E-state index in [1.165, 1.54) is 31.2 Å². The van der Waals surface area contributed by atoms with Crippen molar-refractivity contribution in [3.63, 3.8) is 0 Å². The number of nitrogens with two attached hydrogens (primary N) is 1. The number of para-hydroxylation sites is 1. The van der Waals surface area contributed by atoms with Crippen LogP contribution in [0.4, 0.5) is 0 Å². The van der Waals surface area contributed by atoms with Crippen LogP contribution in [0, 0.1) is 17.8 Å². The van der Waals surface area contributed by atoms with Gasteiger partial charge < -0.3 is 94.3 Å². The summed E-state index contributed by atoms with van der Waals surface area (Å²) in [7, 11) is 0. The molecule has 0 radical (unpaired) electrons. The van der Waals surface area contributed by atoms with E-state index in [2.05, 4.69) is 58.2 Å². The van der Waals surface area contributed by atoms with Crippen LogP contribution in [-0.4, -0.2) is 204 Å². The fourth-order valence-corrected chi connectivity index (χ4v) is 11.3. The van der Waals surface area contributed by atoms with E-state index < -0.39 is 194 Å². The Morgan fingerprint density at radius 3 is 1.62 bits per heavy atom. The summed E-state index contributed by atoms with van der Waals surface area (Å²) in [5.74, 6) is -15.3. The third-order valence-corrected chi connectivity index (χ3v) is 17.5. The predicted molar refractivity (Wildman–Crippen MR) is 370 cm³/mol. The molecule has 18 N–H and O–H groups in total. The van der Waals surface area contributed by atoms with Gasteiger partial charge in [-0.1, -0.05) is 109 Å². The number of benzene rings is 3. The van der Waals surface area contributed by atoms with Crippen molar-refractivity contribution in [2.24, 2.45) is 23.5 Å². The number of hydrogen-bond acceptors (Lipinski definition) is 17. The van der Waals surface area contributed by atoms with Crippen molar-refractivity contribution in [1.82, 2.24) is 63.1 Å². The number of aliphatic hydroxyl groups is 1. The first-order valence-corrected chi connectivity index (χ1v) is 33.9. The average Bonchev–Trinajstić information content (AvgIpc) is 1.48. The van der Waals surface area contributed by atoms with Gasteiger partial charge in [0.25, 0.3) is 0 Å². The van der Waals surface area contributed by atoms with E-state index >= 15 is 0 Å². The number of aliphatic carboxylic acids is 3. The Balaban J connectivity index is 1.27. The molecular formula is C70H97N13O19. The minimum absolute atomic E-state index is 0.0280. The Morgan fingerprint density at radius 2 is 1.06 bits per heavy atom. The number of carboxylic acid groups (broad SMARTS) is 3. The Labute approximate surface area is 590 Å². The number of aliphatic hydroxyl groups excluding tert-OH is 1. The van der Waals surface area contributed by atoms with Crippen LogP contribution in [0.25, 0.3) is 10.9 Å². The number of likely N-dealkylation sites (tertiary alicyclic amines) is 1. The largest absolute Gasteiger partial charge is 0.508 e. The molecule has 0 unspecified atom stereocenters. The number of aromatic amines is 1. The highest BCUT2D eigenvalue weighted by Gasteiger charge is 2.40. The Bertz CT molecular complexity index is 3600. The zero-order valence-corrected chi connectivity index (χ0v) is 58.4. The van der Waals surface area contributed by atoms with Gasteiger partial charge in [-0.25, -0.2) is 4.79 Å². The highest BCUT2D eigenvalue weighted by molar-refractivity contribution is 5.99. The lowest BCUT2D eigenvalue weighted by atomic mass is 9.95. The molecule has 0 aliphatic carbocycles. The maximum absolute atomic E-state index is 14.6. The molecule has 0 saturated carbocycles. The molecule has 1 saturated heterocycles. The van der Waals surface area contributed by atoms with Crippen LogP contribution in [0.2, 0.25) is 0 Å². The van der Waals surface area contributed by atoms with Gasteiger partial charge in [-0.3, -0.25) is 62.3 Å². The molecule has 13 atom stereocenters. The molecule has 11 amide bonds. The Morgan fingerprint density at radius 1 is 0.549 bits per heavy atom. The number of carboxylic acids is 3. The summed E-state index contributed by atoms with van der Waals surface area (Å²) < 4.78 is 0. The molecule has 32 nitrogen and oxygen atoms in total. The monoisotopic (exact) mass is 1420 g/mol. The van der Waals surface area contributed by atoms with Crippen LogP contribution in [0.3, 0.4) is 0 Å². The fourth-order valence-electron chi connectivity index (χ4n) is 11.3. The summed E-state index contributed by atoms with van der Waals surface area (Å²) in [5, 5.41) is 76.3. The number of nitrogens with zero attached hydrogens (tertiary/aromatic N) is 1. The molecule has 32 heteroatoms. The van der Waals surface area contributed by atoms with Gasteiger partial charge in [-0.2, -0.15) is 0 Å². The summed E-state index contributed by atoms with van der Waals surface area (Å²) in [6, 6.07) is 5.11. The minimum Gasteiger partial charge on any atom is -0.508 e. The van der Waals surface area contributed by atoms with E-state index in [1.54, 1.807) is 95.4 Å². The number of amides is 11. The fraction of sp³-hybridized carbons (Fsp3) is 0.514. The molecule has 1 aromatic heterocycles. The smallest absolute Gasteiger partial charge is 0.326 e. The van der Waals surface area contributed by atoms with E-state index in [1.807, 2.05) is 6.92 Å². The number of hydrogen-bond donors (Lipinski definition) is 17. The van der Waals surface area contributed by atoms with Crippen molar-refractivity contribution in [3.05, 3.63) is 102 Å². The van der Waals surface area contributed by atoms with Gasteiger partial charge in [0.2, 0.25) is 65.0 Å². The number of carbonyl (C=O) groups excluding carboxylic acids is 11. The van der Waals surface area contributed by atoms with Gasteiger partial charge >= 0.3 is 17.9 Å². The second kappa shape index (κ2) is 39.5. The van der Waals surface area contributed by atoms with E-state index in [4.69, 9.17) is 5.73 Å². The van der Waals surface area contributed by atoms with Gasteiger partial charge in [0.05, 0.1) is 18.7 Å². The van der Waals surface area contributed by atoms with Gasteiger partial charge in [0.15, 0.2) is 0 Å². The number of nitrogens with one attached hydrogen (secondary N) is 11. The summed E-state index contributed by atoms with van der Waals surface area (Å²) >= 11 is 0. The van der Waals surface area contributed by atoms with Gasteiger partial charge in [-0.15, -0.1) is 0 Å². The number of rotatable bonds is 40. The third-order valence-electron chi connectivity index (χ3n) is 17.5. The van der Waals surface area contributed by atoms with Gasteiger partial charge in [0.1, 0.15) is 66.2 Å². The Kier molecular flexibility index (Phi) is 31.8. The van der Waals surface area contributed by atoms with Crippen LogP contribution in [0.1, 0.15) is 123 Å². The van der Waals surface area contributed by atoms with E-state index in [9.17, 15) is 92.7 Å². The molecule has 0 bridgehead atoms. The molecule has 1 aliphatic rings. The SMILES string of the molecule is CC[C@H](C)[C@H](NC(=O)[C@@H](N)C(C)C)C(=O)N[C@@H](CC(C)C)C(=O)N[C@H](C(=O)NCC(=O)N1CCC[C@H]1C(=O)N[C@@H](CCC(=O)O)C(=O)N[C@@H](C)C(=O)N[C@@H](CCC(=O)O)C(=O)N[C@@H](Cc1ccc(O)cc1)C(=O)N[C@@H](Cc1ccccc1)C(=O)N[C@@H](Cc1c[nH]c2ccccc12)C(=O)O)[C@@H](C)O. The molecule has 5 rings (SSSR count). The second-order valence-electron chi connectivity index (χ2n) is 26.4. The number of carbonyl (C=O) groups is 14. The van der Waals surface area contributed by atoms with Crippen LogP contribution >= 0.6 is 0 Å². The number of H-pyrrole nitrogens is 1. The molecule has 3 aromatic carbocycles. The molecule has 556 valence electrons. The van der Waals surface area contributed by atoms with Gasteiger partial charge in [-0.05, 0) is 98.6 Å². The summed E-state index contributed by atoms with van der Waals surface area (Å²) in [4.78, 5) is 194. The highest BCUT2D eigenvalue weighted by atomic mass is 16.4. The van der Waals surface area contributed by atoms with Crippen molar-refractivity contribution in [2.45, 2.75) is 199 Å². The van der Waals surface area contributed by atoms with Crippen molar-refractivity contribution in [3.8, 4) is 5.75 Å². The van der Waals surface area contributed by atoms with Crippen molar-refractivity contribution >= 4 is 93.8 Å². The standard InChI is InChI=1S/C70H97N13O19/c1-9-38(6)58(81-67(98)57(71)37(4)5)69(100)79-49(30-36(2)3)65(96)82-59(40(8)84)68(99)73-35-54(86)83-29-15-20-53(83)66(97)76-47(25-27-55(87)88)61(92)74-39(7)60(91)75-48(26-28-56(89)90)62(93)77-51(32-42-21-23-44(85)24-22-42)63(94)78-50(31-41-16-11-10-12-17-41)64(95)80-52(70(101)102)33-43-34-72-46-19-14-13-18-45(43)46/h10-14,16-19,21-24,34,36-40,47-53,57-59,72,84-85H,9,15,20,25-33,35,71H2,1-8H3,(H,73,99)(H,74,92)(H,75,91)(H,76,97)(H,77,93)(H,78,94)(H,79,100)(H,80,95)(H,81,98)(H,82,96)(H,87,88)(H,89,90)(H,101,102)/t38-,39-,40+,47-,48-,49-,50-,51-,52-,53-,57-,58-,59-/m0/s1. The van der Waals surface area contributed by atoms with Gasteiger partial charge in [0, 0.05) is 55.7 Å². The first-order valence-electron chi connectivity index (χ1n) is 33.9. The van der Waals surface area contributed by atoms with Crippen molar-refractivity contribution < 1.29 is 92.7 Å². The topological polar surface area (TPSA) is 505 Å². The molecule has 1 aliphatic heterocycles. The van der Waals surface area contributed by atoms with Crippen LogP contribution in [0.5, 0.6) is 5.75 Å². The van der Waals surface area contributed by atoms with E-state index in [0.29, 0.717) is 23.1 Å². The second-order valence-corrected chi connectivity index (χ2v) is 26.4. The number of phenolic OH excluding ortho intramolecular Hbond substituents is 1. The predicted octanol–water partition coefficient (Wildman–Crippen LogP) is -0.338. The molecule has 2 heterocycles. The van der Waals surface area contributed by atoms with Crippen LogP contribution < -0.4 is 58.9 Å². The molecule has 0 spiro atoms. The zero-order valence-electron chi connectivity index (χ0n) is 58.4. The molecule has 1 fully saturated rings. The normalized spacial score (nSPS) is 16.3. The maximum atomic E-state index is 14.6. The summed E-state index contributed by atoms with van der Waals surface area (Å²) in [6.07, 6.45) is -2.37. The first-order chi connectivity index (χ1) is 48.2. The van der Waals surface area contributed by atoms with Crippen molar-refractivity contribution in [2.75, 3.05) is 13.1 Å². The number of phenols is 1. The Hall–Kier alpha value is -10.5. The minimum atomic E-state index is -1.76. The van der Waals surface area contributed by atoms with Crippen LogP contribution in [-0.2, 0) is 86.4 Å². The molecule has 102 heavy (non-hydrogen) atoms. The third kappa shape index (κ3) is 25.3. The average molecular weight is 1420 g/mol. The number of aromatic nitrogens is 1. The zero-order chi connectivity index (χ0) is 75.7. The maximum Gasteiger partial charge on any atom is 0.326 e. The summed E-state index contributed by atoms with van der Waals surface area (Å²) in [5.41, 5.74) is 8.26. The first kappa shape index (κ1) is 82.2. The lowest BCUT2D eigenvalue weighted by molar-refractivity contribution is -0.142. The lowest BCUT2D eigenvalue weighted by Crippen LogP contribution is -2.61. The molecule has 4 aromatic rings. The number of fused-ring (bicyclic) bond motifs is 1. The quantitative estimate of drug-likeness (QED) is 0.0271. The van der Waals surface area contributed by atoms with E-state index in [-0.39, 0.29) is 62.7 Å².